The highest BCUT2D eigenvalue weighted by atomic mass is 79.9. The number of nitrogens with one attached hydrogen (secondary N) is 1. The Bertz CT molecular complexity index is 535. The quantitative estimate of drug-likeness (QED) is 0.818. The first-order valence-corrected chi connectivity index (χ1v) is 5.35. The Morgan fingerprint density at radius 1 is 1.60 bits per heavy atom. The van der Waals surface area contributed by atoms with Gasteiger partial charge < -0.3 is 9.72 Å². The first kappa shape index (κ1) is 10.5. The smallest absolute Gasteiger partial charge is 0.341 e. The van der Waals surface area contributed by atoms with Crippen LogP contribution in [0.3, 0.4) is 0 Å². The second-order valence-corrected chi connectivity index (χ2v) is 4.21. The standard InChI is InChI=1S/C10H7BrClNO2/c1-15-10(14)7-8(12)6(11)4-5-2-3-13-9(5)7/h2-4,13H,1H3. The Balaban J connectivity index is 2.83. The van der Waals surface area contributed by atoms with Gasteiger partial charge >= 0.3 is 5.97 Å². The number of methoxy groups -OCH3 is 1. The fraction of sp³-hybridized carbons (Fsp3) is 0.100. The van der Waals surface area contributed by atoms with Crippen molar-refractivity contribution in [3.63, 3.8) is 0 Å². The molecule has 0 spiro atoms. The van der Waals surface area contributed by atoms with E-state index in [9.17, 15) is 4.79 Å². The summed E-state index contributed by atoms with van der Waals surface area (Å²) < 4.78 is 5.36. The lowest BCUT2D eigenvalue weighted by molar-refractivity contribution is 0.0603. The van der Waals surface area contributed by atoms with Crippen molar-refractivity contribution in [1.82, 2.24) is 4.98 Å². The van der Waals surface area contributed by atoms with E-state index in [0.717, 1.165) is 5.39 Å². The van der Waals surface area contributed by atoms with Gasteiger partial charge in [0, 0.05) is 16.1 Å². The molecule has 0 saturated heterocycles. The van der Waals surface area contributed by atoms with Gasteiger partial charge in [0.15, 0.2) is 0 Å². The molecule has 0 amide bonds. The summed E-state index contributed by atoms with van der Waals surface area (Å²) >= 11 is 9.33. The van der Waals surface area contributed by atoms with Crippen LogP contribution in [0.2, 0.25) is 5.02 Å². The molecule has 0 unspecified atom stereocenters. The maximum absolute atomic E-state index is 11.6. The zero-order chi connectivity index (χ0) is 11.0. The van der Waals surface area contributed by atoms with Crippen LogP contribution in [0, 0.1) is 0 Å². The van der Waals surface area contributed by atoms with Gasteiger partial charge in [0.25, 0.3) is 0 Å². The molecule has 2 rings (SSSR count). The SMILES string of the molecule is COC(=O)c1c(Cl)c(Br)cc2cc[nH]c12. The number of carbonyl (C=O) groups excluding carboxylic acids is 1. The van der Waals surface area contributed by atoms with E-state index in [0.29, 0.717) is 20.6 Å². The fourth-order valence-electron chi connectivity index (χ4n) is 1.44. The van der Waals surface area contributed by atoms with Crippen LogP contribution in [0.5, 0.6) is 0 Å². The molecular formula is C10H7BrClNO2. The maximum Gasteiger partial charge on any atom is 0.341 e. The van der Waals surface area contributed by atoms with E-state index in [4.69, 9.17) is 11.6 Å². The van der Waals surface area contributed by atoms with Gasteiger partial charge in [-0.15, -0.1) is 0 Å². The van der Waals surface area contributed by atoms with E-state index >= 15 is 0 Å². The first-order chi connectivity index (χ1) is 7.15. The van der Waals surface area contributed by atoms with Gasteiger partial charge in [-0.2, -0.15) is 0 Å². The van der Waals surface area contributed by atoms with Crippen molar-refractivity contribution in [2.24, 2.45) is 0 Å². The number of aromatic nitrogens is 1. The highest BCUT2D eigenvalue weighted by molar-refractivity contribution is 9.10. The topological polar surface area (TPSA) is 42.1 Å². The molecule has 78 valence electrons. The molecule has 0 radical (unpaired) electrons. The number of H-pyrrole nitrogens is 1. The van der Waals surface area contributed by atoms with Gasteiger partial charge in [0.1, 0.15) is 5.56 Å². The summed E-state index contributed by atoms with van der Waals surface area (Å²) in [5.41, 5.74) is 1.04. The molecule has 5 heteroatoms. The highest BCUT2D eigenvalue weighted by Crippen LogP contribution is 2.33. The average molecular weight is 289 g/mol. The molecule has 3 nitrogen and oxygen atoms in total. The zero-order valence-electron chi connectivity index (χ0n) is 7.80. The van der Waals surface area contributed by atoms with E-state index in [1.807, 2.05) is 12.1 Å². The van der Waals surface area contributed by atoms with Crippen LogP contribution in [-0.2, 0) is 4.74 Å². The molecule has 1 heterocycles. The van der Waals surface area contributed by atoms with E-state index < -0.39 is 5.97 Å². The Labute approximate surface area is 99.5 Å². The van der Waals surface area contributed by atoms with Crippen LogP contribution in [0.25, 0.3) is 10.9 Å². The maximum atomic E-state index is 11.6. The number of esters is 1. The van der Waals surface area contributed by atoms with Crippen molar-refractivity contribution in [3.05, 3.63) is 33.4 Å². The molecule has 0 aliphatic rings. The van der Waals surface area contributed by atoms with Gasteiger partial charge in [-0.3, -0.25) is 0 Å². The third kappa shape index (κ3) is 1.64. The van der Waals surface area contributed by atoms with E-state index in [1.165, 1.54) is 7.11 Å². The second kappa shape index (κ2) is 3.87. The van der Waals surface area contributed by atoms with Crippen molar-refractivity contribution in [2.45, 2.75) is 0 Å². The Hall–Kier alpha value is -1.00. The van der Waals surface area contributed by atoms with Crippen LogP contribution in [-0.4, -0.2) is 18.1 Å². The summed E-state index contributed by atoms with van der Waals surface area (Å²) in [6.45, 7) is 0. The molecule has 0 fully saturated rings. The third-order valence-electron chi connectivity index (χ3n) is 2.13. The number of rotatable bonds is 1. The Kier molecular flexibility index (Phi) is 2.71. The summed E-state index contributed by atoms with van der Waals surface area (Å²) in [7, 11) is 1.33. The summed E-state index contributed by atoms with van der Waals surface area (Å²) in [6, 6.07) is 3.71. The molecule has 0 aliphatic carbocycles. The summed E-state index contributed by atoms with van der Waals surface area (Å²) in [5.74, 6) is -0.450. The van der Waals surface area contributed by atoms with Crippen LogP contribution in [0.15, 0.2) is 22.8 Å². The van der Waals surface area contributed by atoms with Gasteiger partial charge in [0.2, 0.25) is 0 Å². The Morgan fingerprint density at radius 2 is 2.33 bits per heavy atom. The van der Waals surface area contributed by atoms with Crippen LogP contribution >= 0.6 is 27.5 Å². The molecule has 15 heavy (non-hydrogen) atoms. The van der Waals surface area contributed by atoms with E-state index in [-0.39, 0.29) is 0 Å². The van der Waals surface area contributed by atoms with Crippen molar-refractivity contribution in [2.75, 3.05) is 7.11 Å². The van der Waals surface area contributed by atoms with E-state index in [2.05, 4.69) is 25.7 Å². The van der Waals surface area contributed by atoms with Crippen LogP contribution in [0.4, 0.5) is 0 Å². The minimum absolute atomic E-state index is 0.355. The number of hydrogen-bond donors (Lipinski definition) is 1. The van der Waals surface area contributed by atoms with Crippen LogP contribution in [0.1, 0.15) is 10.4 Å². The van der Waals surface area contributed by atoms with Crippen molar-refractivity contribution in [3.8, 4) is 0 Å². The number of fused-ring (bicyclic) bond motifs is 1. The van der Waals surface area contributed by atoms with Gasteiger partial charge in [0.05, 0.1) is 17.6 Å². The lowest BCUT2D eigenvalue weighted by Crippen LogP contribution is -2.03. The highest BCUT2D eigenvalue weighted by Gasteiger charge is 2.18. The number of ether oxygens (including phenoxy) is 1. The van der Waals surface area contributed by atoms with Crippen molar-refractivity contribution < 1.29 is 9.53 Å². The number of benzene rings is 1. The second-order valence-electron chi connectivity index (χ2n) is 2.98. The molecule has 1 aromatic carbocycles. The summed E-state index contributed by atoms with van der Waals surface area (Å²) in [6.07, 6.45) is 1.75. The minimum atomic E-state index is -0.450. The number of hydrogen-bond acceptors (Lipinski definition) is 2. The van der Waals surface area contributed by atoms with Gasteiger partial charge in [-0.05, 0) is 28.1 Å². The zero-order valence-corrected chi connectivity index (χ0v) is 10.1. The molecule has 0 aliphatic heterocycles. The predicted octanol–water partition coefficient (Wildman–Crippen LogP) is 3.37. The summed E-state index contributed by atoms with van der Waals surface area (Å²) in [5, 5.41) is 1.27. The molecule has 2 aromatic rings. The molecule has 0 bridgehead atoms. The lowest BCUT2D eigenvalue weighted by Gasteiger charge is -2.05. The number of carbonyl (C=O) groups is 1. The normalized spacial score (nSPS) is 10.6. The third-order valence-corrected chi connectivity index (χ3v) is 3.38. The lowest BCUT2D eigenvalue weighted by atomic mass is 10.1. The predicted molar refractivity (Wildman–Crippen MR) is 62.3 cm³/mol. The molecule has 1 N–H and O–H groups in total. The average Bonchev–Trinajstić information content (AvgIpc) is 2.66. The number of aromatic amines is 1. The Morgan fingerprint density at radius 3 is 3.00 bits per heavy atom. The summed E-state index contributed by atoms with van der Waals surface area (Å²) in [4.78, 5) is 14.5. The van der Waals surface area contributed by atoms with Crippen molar-refractivity contribution >= 4 is 44.4 Å². The van der Waals surface area contributed by atoms with Gasteiger partial charge in [-0.1, -0.05) is 11.6 Å². The minimum Gasteiger partial charge on any atom is -0.465 e. The number of halogens is 2. The van der Waals surface area contributed by atoms with Gasteiger partial charge in [-0.25, -0.2) is 4.79 Å². The molecular weight excluding hydrogens is 281 g/mol. The van der Waals surface area contributed by atoms with Crippen LogP contribution < -0.4 is 0 Å². The monoisotopic (exact) mass is 287 g/mol. The largest absolute Gasteiger partial charge is 0.465 e. The molecule has 0 atom stereocenters. The fourth-order valence-corrected chi connectivity index (χ4v) is 2.11. The van der Waals surface area contributed by atoms with E-state index in [1.54, 1.807) is 6.20 Å². The first-order valence-electron chi connectivity index (χ1n) is 4.18. The van der Waals surface area contributed by atoms with Crippen molar-refractivity contribution in [1.29, 1.82) is 0 Å². The molecule has 1 aromatic heterocycles. The molecule has 0 saturated carbocycles.